The van der Waals surface area contributed by atoms with E-state index in [4.69, 9.17) is 4.74 Å². The van der Waals surface area contributed by atoms with E-state index in [1.807, 2.05) is 31.2 Å². The first-order chi connectivity index (χ1) is 8.58. The van der Waals surface area contributed by atoms with Gasteiger partial charge in [-0.1, -0.05) is 19.9 Å². The zero-order valence-electron chi connectivity index (χ0n) is 11.6. The number of nitrogens with one attached hydrogen (secondary N) is 1. The highest BCUT2D eigenvalue weighted by Gasteiger charge is 2.16. The van der Waals surface area contributed by atoms with Gasteiger partial charge in [-0.15, -0.1) is 0 Å². The van der Waals surface area contributed by atoms with Gasteiger partial charge >= 0.3 is 0 Å². The lowest BCUT2D eigenvalue weighted by Crippen LogP contribution is -2.30. The van der Waals surface area contributed by atoms with Gasteiger partial charge in [0.05, 0.1) is 17.9 Å². The highest BCUT2D eigenvalue weighted by Crippen LogP contribution is 2.19. The quantitative estimate of drug-likeness (QED) is 0.827. The molecule has 0 amide bonds. The van der Waals surface area contributed by atoms with Gasteiger partial charge in [0.25, 0.3) is 0 Å². The molecule has 1 N–H and O–H groups in total. The number of methoxy groups -OCH3 is 1. The predicted octanol–water partition coefficient (Wildman–Crippen LogP) is 2.58. The molecule has 4 heteroatoms. The van der Waals surface area contributed by atoms with Crippen LogP contribution in [0.5, 0.6) is 5.75 Å². The van der Waals surface area contributed by atoms with Gasteiger partial charge in [0.2, 0.25) is 0 Å². The Balaban J connectivity index is 2.67. The Labute approximate surface area is 112 Å². The number of ether oxygens (including phenoxy) is 1. The second-order valence-electron chi connectivity index (χ2n) is 4.48. The van der Waals surface area contributed by atoms with Crippen LogP contribution >= 0.6 is 0 Å². The molecule has 18 heavy (non-hydrogen) atoms. The number of rotatable bonds is 7. The van der Waals surface area contributed by atoms with E-state index >= 15 is 0 Å². The maximum Gasteiger partial charge on any atom is 0.120 e. The fraction of sp³-hybridized carbons (Fsp3) is 0.571. The van der Waals surface area contributed by atoms with Crippen LogP contribution in [-0.4, -0.2) is 29.2 Å². The van der Waals surface area contributed by atoms with E-state index in [0.29, 0.717) is 6.04 Å². The van der Waals surface area contributed by atoms with Crippen LogP contribution in [0.25, 0.3) is 0 Å². The van der Waals surface area contributed by atoms with E-state index in [2.05, 4.69) is 19.2 Å². The van der Waals surface area contributed by atoms with Gasteiger partial charge < -0.3 is 10.1 Å². The first kappa shape index (κ1) is 15.2. The van der Waals surface area contributed by atoms with Crippen molar-refractivity contribution in [3.05, 3.63) is 24.3 Å². The lowest BCUT2D eigenvalue weighted by molar-refractivity contribution is 0.413. The summed E-state index contributed by atoms with van der Waals surface area (Å²) in [6.07, 6.45) is 0.900. The van der Waals surface area contributed by atoms with E-state index in [9.17, 15) is 4.21 Å². The molecule has 0 saturated carbocycles. The standard InChI is InChI=1S/C14H23NO2S/c1-5-15-11(2)9-12(3)18(16)14-8-6-7-13(10-14)17-4/h6-8,10-12,15H,5,9H2,1-4H3. The van der Waals surface area contributed by atoms with Crippen LogP contribution in [0.15, 0.2) is 29.2 Å². The van der Waals surface area contributed by atoms with Crippen LogP contribution in [0.2, 0.25) is 0 Å². The third-order valence-electron chi connectivity index (χ3n) is 2.88. The smallest absolute Gasteiger partial charge is 0.120 e. The molecular weight excluding hydrogens is 246 g/mol. The Bertz CT molecular complexity index is 395. The van der Waals surface area contributed by atoms with Crippen LogP contribution in [-0.2, 0) is 10.8 Å². The molecule has 0 heterocycles. The fourth-order valence-corrected chi connectivity index (χ4v) is 3.35. The van der Waals surface area contributed by atoms with Crippen molar-refractivity contribution in [1.29, 1.82) is 0 Å². The highest BCUT2D eigenvalue weighted by molar-refractivity contribution is 7.85. The minimum absolute atomic E-state index is 0.131. The minimum Gasteiger partial charge on any atom is -0.497 e. The van der Waals surface area contributed by atoms with E-state index in [0.717, 1.165) is 23.6 Å². The van der Waals surface area contributed by atoms with Gasteiger partial charge in [0, 0.05) is 16.2 Å². The first-order valence-electron chi connectivity index (χ1n) is 6.36. The average Bonchev–Trinajstić information content (AvgIpc) is 2.38. The van der Waals surface area contributed by atoms with Crippen molar-refractivity contribution >= 4 is 10.8 Å². The van der Waals surface area contributed by atoms with Crippen LogP contribution in [0.1, 0.15) is 27.2 Å². The zero-order valence-corrected chi connectivity index (χ0v) is 12.4. The van der Waals surface area contributed by atoms with Gasteiger partial charge in [-0.25, -0.2) is 0 Å². The maximum atomic E-state index is 12.4. The van der Waals surface area contributed by atoms with E-state index in [1.165, 1.54) is 0 Å². The average molecular weight is 269 g/mol. The van der Waals surface area contributed by atoms with Crippen molar-refractivity contribution in [3.8, 4) is 5.75 Å². The summed E-state index contributed by atoms with van der Waals surface area (Å²) in [7, 11) is 0.640. The summed E-state index contributed by atoms with van der Waals surface area (Å²) in [5, 5.41) is 3.48. The molecule has 0 fully saturated rings. The van der Waals surface area contributed by atoms with Crippen molar-refractivity contribution in [2.45, 2.75) is 43.4 Å². The number of hydrogen-bond acceptors (Lipinski definition) is 3. The lowest BCUT2D eigenvalue weighted by atomic mass is 10.2. The largest absolute Gasteiger partial charge is 0.497 e. The molecule has 0 aromatic heterocycles. The first-order valence-corrected chi connectivity index (χ1v) is 7.57. The van der Waals surface area contributed by atoms with Crippen molar-refractivity contribution in [1.82, 2.24) is 5.32 Å². The van der Waals surface area contributed by atoms with Crippen LogP contribution in [0.3, 0.4) is 0 Å². The number of benzene rings is 1. The SMILES string of the molecule is CCNC(C)CC(C)S(=O)c1cccc(OC)c1. The molecule has 1 aromatic rings. The Kier molecular flexibility index (Phi) is 6.36. The molecule has 0 saturated heterocycles. The normalized spacial score (nSPS) is 16.0. The fourth-order valence-electron chi connectivity index (χ4n) is 1.98. The molecule has 0 aliphatic rings. The molecule has 1 rings (SSSR count). The minimum atomic E-state index is -0.984. The van der Waals surface area contributed by atoms with Crippen molar-refractivity contribution in [2.75, 3.05) is 13.7 Å². The number of hydrogen-bond donors (Lipinski definition) is 1. The predicted molar refractivity (Wildman–Crippen MR) is 76.6 cm³/mol. The van der Waals surface area contributed by atoms with Gasteiger partial charge in [-0.3, -0.25) is 4.21 Å². The Hall–Kier alpha value is -0.870. The van der Waals surface area contributed by atoms with Crippen LogP contribution in [0.4, 0.5) is 0 Å². The molecule has 0 aliphatic heterocycles. The second kappa shape index (κ2) is 7.54. The molecule has 102 valence electrons. The third-order valence-corrected chi connectivity index (χ3v) is 4.52. The maximum absolute atomic E-state index is 12.4. The Morgan fingerprint density at radius 3 is 2.72 bits per heavy atom. The molecule has 3 unspecified atom stereocenters. The summed E-state index contributed by atoms with van der Waals surface area (Å²) in [5.41, 5.74) is 0. The van der Waals surface area contributed by atoms with Crippen LogP contribution < -0.4 is 10.1 Å². The van der Waals surface area contributed by atoms with Crippen molar-refractivity contribution in [3.63, 3.8) is 0 Å². The molecule has 0 aliphatic carbocycles. The highest BCUT2D eigenvalue weighted by atomic mass is 32.2. The molecule has 0 radical (unpaired) electrons. The third kappa shape index (κ3) is 4.42. The molecule has 0 spiro atoms. The second-order valence-corrected chi connectivity index (χ2v) is 6.35. The molecule has 0 bridgehead atoms. The molecule has 3 nitrogen and oxygen atoms in total. The van der Waals surface area contributed by atoms with Gasteiger partial charge in [-0.2, -0.15) is 0 Å². The van der Waals surface area contributed by atoms with E-state index in [1.54, 1.807) is 7.11 Å². The van der Waals surface area contributed by atoms with Crippen molar-refractivity contribution < 1.29 is 8.95 Å². The summed E-state index contributed by atoms with van der Waals surface area (Å²) in [6.45, 7) is 7.19. The monoisotopic (exact) mass is 269 g/mol. The Morgan fingerprint density at radius 1 is 1.39 bits per heavy atom. The summed E-state index contributed by atoms with van der Waals surface area (Å²) in [4.78, 5) is 0.838. The summed E-state index contributed by atoms with van der Waals surface area (Å²) < 4.78 is 17.5. The van der Waals surface area contributed by atoms with Crippen molar-refractivity contribution in [2.24, 2.45) is 0 Å². The van der Waals surface area contributed by atoms with Gasteiger partial charge in [0.1, 0.15) is 5.75 Å². The summed E-state index contributed by atoms with van der Waals surface area (Å²) in [5.74, 6) is 0.757. The van der Waals surface area contributed by atoms with Gasteiger partial charge in [0.15, 0.2) is 0 Å². The van der Waals surface area contributed by atoms with E-state index < -0.39 is 10.8 Å². The molecule has 3 atom stereocenters. The lowest BCUT2D eigenvalue weighted by Gasteiger charge is -2.17. The van der Waals surface area contributed by atoms with Crippen LogP contribution in [0, 0.1) is 0 Å². The molecular formula is C14H23NO2S. The Morgan fingerprint density at radius 2 is 2.11 bits per heavy atom. The van der Waals surface area contributed by atoms with Gasteiger partial charge in [-0.05, 0) is 38.1 Å². The van der Waals surface area contributed by atoms with E-state index in [-0.39, 0.29) is 5.25 Å². The topological polar surface area (TPSA) is 38.3 Å². The summed E-state index contributed by atoms with van der Waals surface area (Å²) in [6, 6.07) is 7.89. The molecule has 1 aromatic carbocycles. The zero-order chi connectivity index (χ0) is 13.5. The summed E-state index contributed by atoms with van der Waals surface area (Å²) >= 11 is 0.